The lowest BCUT2D eigenvalue weighted by Crippen LogP contribution is -2.26. The zero-order valence-electron chi connectivity index (χ0n) is 10.2. The molecular weight excluding hydrogens is 222 g/mol. The van der Waals surface area contributed by atoms with Crippen molar-refractivity contribution >= 4 is 10.8 Å². The predicted octanol–water partition coefficient (Wildman–Crippen LogP) is 1.45. The molecule has 0 aliphatic rings. The molecule has 0 saturated carbocycles. The molecule has 4 nitrogen and oxygen atoms in total. The Morgan fingerprint density at radius 1 is 1.56 bits per heavy atom. The minimum Gasteiger partial charge on any atom is -0.327 e. The minimum atomic E-state index is -0.902. The van der Waals surface area contributed by atoms with Crippen molar-refractivity contribution in [1.29, 1.82) is 0 Å². The maximum Gasteiger partial charge on any atom is 0.0749 e. The fourth-order valence-electron chi connectivity index (χ4n) is 1.32. The van der Waals surface area contributed by atoms with Crippen LogP contribution in [0.3, 0.4) is 0 Å². The molecule has 0 spiro atoms. The maximum atomic E-state index is 11.7. The van der Waals surface area contributed by atoms with E-state index in [-0.39, 0.29) is 6.04 Å². The molecule has 1 rings (SSSR count). The van der Waals surface area contributed by atoms with Crippen LogP contribution in [0.1, 0.15) is 38.9 Å². The van der Waals surface area contributed by atoms with E-state index in [2.05, 4.69) is 18.9 Å². The van der Waals surface area contributed by atoms with Gasteiger partial charge in [0.25, 0.3) is 0 Å². The lowest BCUT2D eigenvalue weighted by molar-refractivity contribution is 0.528. The Balaban J connectivity index is 2.50. The molecule has 0 aromatic carbocycles. The molecule has 2 atom stereocenters. The molecule has 16 heavy (non-hydrogen) atoms. The summed E-state index contributed by atoms with van der Waals surface area (Å²) < 4.78 is 13.6. The van der Waals surface area contributed by atoms with Crippen LogP contribution in [0.5, 0.6) is 0 Å². The van der Waals surface area contributed by atoms with Gasteiger partial charge in [0.15, 0.2) is 0 Å². The Kier molecular flexibility index (Phi) is 5.15. The molecule has 0 bridgehead atoms. The van der Waals surface area contributed by atoms with E-state index in [1.165, 1.54) is 0 Å². The van der Waals surface area contributed by atoms with Crippen LogP contribution >= 0.6 is 0 Å². The standard InChI is InChI=1S/C11H21N3OS/c1-4-10(12)7-16(15)8-11-5-6-14(13-11)9(2)3/h5-6,9-10H,4,7-8,12H2,1-3H3. The van der Waals surface area contributed by atoms with Crippen molar-refractivity contribution in [3.8, 4) is 0 Å². The molecule has 1 aromatic heterocycles. The van der Waals surface area contributed by atoms with E-state index in [0.29, 0.717) is 17.5 Å². The van der Waals surface area contributed by atoms with Crippen LogP contribution in [-0.4, -0.2) is 25.8 Å². The smallest absolute Gasteiger partial charge is 0.0749 e. The molecule has 0 saturated heterocycles. The average Bonchev–Trinajstić information content (AvgIpc) is 2.65. The molecule has 1 heterocycles. The highest BCUT2D eigenvalue weighted by molar-refractivity contribution is 7.84. The molecule has 92 valence electrons. The average molecular weight is 243 g/mol. The van der Waals surface area contributed by atoms with E-state index in [4.69, 9.17) is 5.73 Å². The number of hydrogen-bond donors (Lipinski definition) is 1. The zero-order chi connectivity index (χ0) is 12.1. The van der Waals surface area contributed by atoms with Crippen LogP contribution in [0.4, 0.5) is 0 Å². The van der Waals surface area contributed by atoms with E-state index in [1.54, 1.807) is 0 Å². The van der Waals surface area contributed by atoms with Gasteiger partial charge in [0.05, 0.1) is 11.4 Å². The fraction of sp³-hybridized carbons (Fsp3) is 0.727. The minimum absolute atomic E-state index is 0.0352. The van der Waals surface area contributed by atoms with Gasteiger partial charge in [-0.25, -0.2) is 0 Å². The summed E-state index contributed by atoms with van der Waals surface area (Å²) in [6.07, 6.45) is 2.79. The van der Waals surface area contributed by atoms with E-state index in [9.17, 15) is 4.21 Å². The highest BCUT2D eigenvalue weighted by atomic mass is 32.2. The van der Waals surface area contributed by atoms with Crippen molar-refractivity contribution in [3.63, 3.8) is 0 Å². The second kappa shape index (κ2) is 6.15. The summed E-state index contributed by atoms with van der Waals surface area (Å²) in [6.45, 7) is 6.15. The quantitative estimate of drug-likeness (QED) is 0.822. The lowest BCUT2D eigenvalue weighted by Gasteiger charge is -2.07. The Morgan fingerprint density at radius 2 is 2.25 bits per heavy atom. The fourth-order valence-corrected chi connectivity index (χ4v) is 2.64. The van der Waals surface area contributed by atoms with Crippen molar-refractivity contribution in [3.05, 3.63) is 18.0 Å². The first-order valence-corrected chi connectivity index (χ1v) is 7.16. The van der Waals surface area contributed by atoms with Gasteiger partial charge >= 0.3 is 0 Å². The van der Waals surface area contributed by atoms with Crippen LogP contribution in [-0.2, 0) is 16.6 Å². The Morgan fingerprint density at radius 3 is 2.75 bits per heavy atom. The molecule has 0 aliphatic carbocycles. The second-order valence-electron chi connectivity index (χ2n) is 4.30. The van der Waals surface area contributed by atoms with Crippen molar-refractivity contribution in [1.82, 2.24) is 9.78 Å². The summed E-state index contributed by atoms with van der Waals surface area (Å²) in [5, 5.41) is 4.37. The van der Waals surface area contributed by atoms with Crippen molar-refractivity contribution < 1.29 is 4.21 Å². The normalized spacial score (nSPS) is 15.3. The number of aromatic nitrogens is 2. The van der Waals surface area contributed by atoms with Crippen molar-refractivity contribution in [2.24, 2.45) is 5.73 Å². The number of nitrogens with two attached hydrogens (primary N) is 1. The van der Waals surface area contributed by atoms with Gasteiger partial charge in [-0.05, 0) is 26.3 Å². The maximum absolute atomic E-state index is 11.7. The number of hydrogen-bond acceptors (Lipinski definition) is 3. The van der Waals surface area contributed by atoms with Gasteiger partial charge in [0.2, 0.25) is 0 Å². The molecule has 5 heteroatoms. The zero-order valence-corrected chi connectivity index (χ0v) is 11.0. The Bertz CT molecular complexity index is 349. The van der Waals surface area contributed by atoms with Gasteiger partial charge in [-0.3, -0.25) is 8.89 Å². The largest absolute Gasteiger partial charge is 0.327 e. The third-order valence-electron chi connectivity index (χ3n) is 2.43. The molecule has 0 fully saturated rings. The first kappa shape index (κ1) is 13.4. The molecule has 0 amide bonds. The molecule has 2 N–H and O–H groups in total. The van der Waals surface area contributed by atoms with Gasteiger partial charge in [0.1, 0.15) is 0 Å². The van der Waals surface area contributed by atoms with Gasteiger partial charge in [-0.15, -0.1) is 0 Å². The summed E-state index contributed by atoms with van der Waals surface area (Å²) in [5.74, 6) is 1.07. The molecular formula is C11H21N3OS. The monoisotopic (exact) mass is 243 g/mol. The van der Waals surface area contributed by atoms with E-state index < -0.39 is 10.8 Å². The summed E-state index contributed by atoms with van der Waals surface area (Å²) in [7, 11) is -0.902. The molecule has 2 unspecified atom stereocenters. The lowest BCUT2D eigenvalue weighted by atomic mass is 10.3. The van der Waals surface area contributed by atoms with Crippen LogP contribution in [0.2, 0.25) is 0 Å². The van der Waals surface area contributed by atoms with E-state index >= 15 is 0 Å². The highest BCUT2D eigenvalue weighted by Gasteiger charge is 2.09. The Labute approximate surface area is 99.7 Å². The summed E-state index contributed by atoms with van der Waals surface area (Å²) in [4.78, 5) is 0. The second-order valence-corrected chi connectivity index (χ2v) is 5.80. The first-order chi connectivity index (χ1) is 7.52. The first-order valence-electron chi connectivity index (χ1n) is 5.67. The SMILES string of the molecule is CCC(N)CS(=O)Cc1ccn(C(C)C)n1. The number of nitrogens with zero attached hydrogens (tertiary/aromatic N) is 2. The van der Waals surface area contributed by atoms with Crippen molar-refractivity contribution in [2.75, 3.05) is 5.75 Å². The highest BCUT2D eigenvalue weighted by Crippen LogP contribution is 2.06. The molecule has 0 radical (unpaired) electrons. The predicted molar refractivity (Wildman–Crippen MR) is 67.6 cm³/mol. The summed E-state index contributed by atoms with van der Waals surface area (Å²) in [6, 6.07) is 2.31. The van der Waals surface area contributed by atoms with Gasteiger partial charge in [0, 0.05) is 34.8 Å². The molecule has 0 aliphatic heterocycles. The van der Waals surface area contributed by atoms with E-state index in [0.717, 1.165) is 12.1 Å². The van der Waals surface area contributed by atoms with Crippen molar-refractivity contribution in [2.45, 2.75) is 45.0 Å². The van der Waals surface area contributed by atoms with Crippen LogP contribution < -0.4 is 5.73 Å². The summed E-state index contributed by atoms with van der Waals surface area (Å²) in [5.41, 5.74) is 6.65. The van der Waals surface area contributed by atoms with E-state index in [1.807, 2.05) is 23.9 Å². The number of rotatable bonds is 6. The van der Waals surface area contributed by atoms with Crippen LogP contribution in [0, 0.1) is 0 Å². The van der Waals surface area contributed by atoms with Gasteiger partial charge in [-0.1, -0.05) is 6.92 Å². The topological polar surface area (TPSA) is 60.9 Å². The summed E-state index contributed by atoms with van der Waals surface area (Å²) >= 11 is 0. The van der Waals surface area contributed by atoms with Gasteiger partial charge in [-0.2, -0.15) is 5.10 Å². The van der Waals surface area contributed by atoms with Crippen LogP contribution in [0.25, 0.3) is 0 Å². The Hall–Kier alpha value is -0.680. The molecule has 1 aromatic rings. The third-order valence-corrected chi connectivity index (χ3v) is 3.84. The third kappa shape index (κ3) is 4.06. The van der Waals surface area contributed by atoms with Gasteiger partial charge < -0.3 is 5.73 Å². The van der Waals surface area contributed by atoms with Crippen LogP contribution in [0.15, 0.2) is 12.3 Å².